The van der Waals surface area contributed by atoms with Crippen molar-refractivity contribution in [3.63, 3.8) is 0 Å². The van der Waals surface area contributed by atoms with Gasteiger partial charge in [-0.25, -0.2) is 0 Å². The molecule has 0 saturated heterocycles. The van der Waals surface area contributed by atoms with E-state index in [-0.39, 0.29) is 11.7 Å². The highest BCUT2D eigenvalue weighted by atomic mass is 16.1. The van der Waals surface area contributed by atoms with E-state index in [1.807, 2.05) is 0 Å². The number of allylic oxidation sites excluding steroid dienone is 2. The lowest BCUT2D eigenvalue weighted by molar-refractivity contribution is -0.119. The molecule has 0 amide bonds. The number of ketones is 1. The smallest absolute Gasteiger partial charge is 0.142 e. The zero-order chi connectivity index (χ0) is 9.84. The molecule has 1 aliphatic carbocycles. The average Bonchev–Trinajstić information content (AvgIpc) is 2.82. The Morgan fingerprint density at radius 1 is 1.69 bits per heavy atom. The molecule has 1 rings (SSSR count). The number of nitrogens with two attached hydrogens (primary N) is 1. The van der Waals surface area contributed by atoms with Gasteiger partial charge in [0.1, 0.15) is 5.78 Å². The van der Waals surface area contributed by atoms with Crippen molar-refractivity contribution >= 4 is 12.0 Å². The number of carbonyl (C=O) groups is 1. The molecular weight excluding hydrogens is 164 g/mol. The maximum atomic E-state index is 11.5. The average molecular weight is 180 g/mol. The van der Waals surface area contributed by atoms with E-state index in [2.05, 4.69) is 6.92 Å². The highest BCUT2D eigenvalue weighted by Gasteiger charge is 2.40. The first kappa shape index (κ1) is 9.96. The second-order valence-corrected chi connectivity index (χ2v) is 3.56. The number of hydrogen-bond acceptors (Lipinski definition) is 3. The van der Waals surface area contributed by atoms with Crippen LogP contribution in [0.3, 0.4) is 0 Å². The van der Waals surface area contributed by atoms with Crippen molar-refractivity contribution in [1.29, 1.82) is 5.41 Å². The van der Waals surface area contributed by atoms with E-state index in [1.54, 1.807) is 0 Å². The highest BCUT2D eigenvalue weighted by molar-refractivity contribution is 5.86. The minimum atomic E-state index is 0.238. The first-order valence-electron chi connectivity index (χ1n) is 4.66. The van der Waals surface area contributed by atoms with Crippen LogP contribution in [0.15, 0.2) is 11.8 Å². The van der Waals surface area contributed by atoms with Crippen molar-refractivity contribution in [1.82, 2.24) is 0 Å². The van der Waals surface area contributed by atoms with Crippen molar-refractivity contribution in [3.05, 3.63) is 11.8 Å². The van der Waals surface area contributed by atoms with Crippen LogP contribution in [-0.2, 0) is 4.79 Å². The van der Waals surface area contributed by atoms with Gasteiger partial charge >= 0.3 is 0 Å². The maximum absolute atomic E-state index is 11.5. The van der Waals surface area contributed by atoms with Crippen LogP contribution in [0.2, 0.25) is 0 Å². The first-order chi connectivity index (χ1) is 6.19. The van der Waals surface area contributed by atoms with E-state index in [4.69, 9.17) is 11.1 Å². The lowest BCUT2D eigenvalue weighted by Crippen LogP contribution is -2.09. The Morgan fingerprint density at radius 2 is 2.38 bits per heavy atom. The molecule has 2 unspecified atom stereocenters. The van der Waals surface area contributed by atoms with Crippen molar-refractivity contribution < 1.29 is 4.79 Å². The number of hydrogen-bond donors (Lipinski definition) is 2. The van der Waals surface area contributed by atoms with Gasteiger partial charge in [-0.15, -0.1) is 0 Å². The van der Waals surface area contributed by atoms with Gasteiger partial charge in [0.2, 0.25) is 0 Å². The van der Waals surface area contributed by atoms with E-state index in [0.717, 1.165) is 19.1 Å². The summed E-state index contributed by atoms with van der Waals surface area (Å²) in [6.07, 6.45) is 5.03. The monoisotopic (exact) mass is 180 g/mol. The third kappa shape index (κ3) is 2.68. The lowest BCUT2D eigenvalue weighted by atomic mass is 10.1. The fourth-order valence-corrected chi connectivity index (χ4v) is 1.59. The van der Waals surface area contributed by atoms with Gasteiger partial charge in [-0.3, -0.25) is 4.79 Å². The summed E-state index contributed by atoms with van der Waals surface area (Å²) in [5, 5.41) is 6.78. The molecule has 0 spiro atoms. The van der Waals surface area contributed by atoms with Crippen molar-refractivity contribution in [2.45, 2.75) is 26.2 Å². The summed E-state index contributed by atoms with van der Waals surface area (Å²) in [5.74, 6) is 1.09. The van der Waals surface area contributed by atoms with Crippen LogP contribution in [-0.4, -0.2) is 12.0 Å². The van der Waals surface area contributed by atoms with Gasteiger partial charge in [-0.2, -0.15) is 0 Å². The molecular formula is C10H16N2O. The molecule has 0 aliphatic heterocycles. The van der Waals surface area contributed by atoms with Gasteiger partial charge in [0.05, 0.1) is 0 Å². The Hall–Kier alpha value is -1.12. The first-order valence-corrected chi connectivity index (χ1v) is 4.66. The topological polar surface area (TPSA) is 66.9 Å². The Balaban J connectivity index is 2.34. The standard InChI is InChI=1S/C10H16N2O/c1-2-7-5-9(7)10(13)6-8(12)3-4-11/h3-4,7,9,11H,2,5-6,12H2,1H3. The third-order valence-corrected chi connectivity index (χ3v) is 2.54. The molecule has 2 atom stereocenters. The SMILES string of the molecule is CCC1CC1C(=O)CC(N)=CC=N. The summed E-state index contributed by atoms with van der Waals surface area (Å²) < 4.78 is 0. The van der Waals surface area contributed by atoms with Crippen LogP contribution in [0.4, 0.5) is 0 Å². The van der Waals surface area contributed by atoms with Crippen LogP contribution >= 0.6 is 0 Å². The molecule has 72 valence electrons. The molecule has 1 aliphatic rings. The third-order valence-electron chi connectivity index (χ3n) is 2.54. The summed E-state index contributed by atoms with van der Waals surface area (Å²) in [6, 6.07) is 0. The fourth-order valence-electron chi connectivity index (χ4n) is 1.59. The van der Waals surface area contributed by atoms with Crippen molar-refractivity contribution in [3.8, 4) is 0 Å². The molecule has 0 aromatic heterocycles. The molecule has 0 aromatic carbocycles. The molecule has 0 aromatic rings. The zero-order valence-corrected chi connectivity index (χ0v) is 7.92. The summed E-state index contributed by atoms with van der Waals surface area (Å²) >= 11 is 0. The van der Waals surface area contributed by atoms with Crippen LogP contribution in [0.5, 0.6) is 0 Å². The molecule has 0 bridgehead atoms. The predicted octanol–water partition coefficient (Wildman–Crippen LogP) is 1.48. The number of carbonyl (C=O) groups excluding carboxylic acids is 1. The van der Waals surface area contributed by atoms with Crippen LogP contribution in [0.1, 0.15) is 26.2 Å². The maximum Gasteiger partial charge on any atom is 0.142 e. The number of Topliss-reactive ketones (excluding diaryl/α,β-unsaturated/α-hetero) is 1. The van der Waals surface area contributed by atoms with Gasteiger partial charge in [-0.1, -0.05) is 13.3 Å². The van der Waals surface area contributed by atoms with Gasteiger partial charge in [0.25, 0.3) is 0 Å². The lowest BCUT2D eigenvalue weighted by Gasteiger charge is -1.98. The number of nitrogens with one attached hydrogen (secondary N) is 1. The van der Waals surface area contributed by atoms with E-state index in [0.29, 0.717) is 18.0 Å². The summed E-state index contributed by atoms with van der Waals surface area (Å²) in [7, 11) is 0. The summed E-state index contributed by atoms with van der Waals surface area (Å²) in [5.41, 5.74) is 6.03. The summed E-state index contributed by atoms with van der Waals surface area (Å²) in [4.78, 5) is 11.5. The second-order valence-electron chi connectivity index (χ2n) is 3.56. The molecule has 3 nitrogen and oxygen atoms in total. The van der Waals surface area contributed by atoms with E-state index >= 15 is 0 Å². The molecule has 3 N–H and O–H groups in total. The summed E-state index contributed by atoms with van der Waals surface area (Å²) in [6.45, 7) is 2.11. The minimum Gasteiger partial charge on any atom is -0.402 e. The Morgan fingerprint density at radius 3 is 2.85 bits per heavy atom. The largest absolute Gasteiger partial charge is 0.402 e. The Kier molecular flexibility index (Phi) is 3.23. The van der Waals surface area contributed by atoms with E-state index in [1.165, 1.54) is 6.08 Å². The predicted molar refractivity (Wildman–Crippen MR) is 52.6 cm³/mol. The Bertz CT molecular complexity index is 245. The molecule has 0 heterocycles. The normalized spacial score (nSPS) is 27.0. The molecule has 1 saturated carbocycles. The molecule has 13 heavy (non-hydrogen) atoms. The molecule has 1 fully saturated rings. The van der Waals surface area contributed by atoms with Gasteiger partial charge in [0, 0.05) is 24.3 Å². The Labute approximate surface area is 78.5 Å². The van der Waals surface area contributed by atoms with Crippen LogP contribution < -0.4 is 5.73 Å². The van der Waals surface area contributed by atoms with Crippen molar-refractivity contribution in [2.24, 2.45) is 17.6 Å². The second kappa shape index (κ2) is 4.21. The zero-order valence-electron chi connectivity index (χ0n) is 7.92. The van der Waals surface area contributed by atoms with Crippen LogP contribution in [0, 0.1) is 17.2 Å². The number of rotatable bonds is 5. The van der Waals surface area contributed by atoms with E-state index < -0.39 is 0 Å². The fraction of sp³-hybridized carbons (Fsp3) is 0.600. The van der Waals surface area contributed by atoms with Gasteiger partial charge < -0.3 is 11.1 Å². The van der Waals surface area contributed by atoms with Gasteiger partial charge in [-0.05, 0) is 18.4 Å². The van der Waals surface area contributed by atoms with Gasteiger partial charge in [0.15, 0.2) is 0 Å². The highest BCUT2D eigenvalue weighted by Crippen LogP contribution is 2.42. The quantitative estimate of drug-likeness (QED) is 0.629. The molecule has 0 radical (unpaired) electrons. The van der Waals surface area contributed by atoms with Crippen LogP contribution in [0.25, 0.3) is 0 Å². The molecule has 3 heteroatoms. The van der Waals surface area contributed by atoms with E-state index in [9.17, 15) is 4.79 Å². The van der Waals surface area contributed by atoms with Crippen molar-refractivity contribution in [2.75, 3.05) is 0 Å². The minimum absolute atomic E-state index is 0.238.